The number of rotatable bonds is 4. The number of nitrogens with zero attached hydrogens (tertiary/aromatic N) is 4. The minimum atomic E-state index is -0.394. The fourth-order valence-electron chi connectivity index (χ4n) is 3.53. The molecule has 0 spiro atoms. The second kappa shape index (κ2) is 6.93. The maximum absolute atomic E-state index is 9.69. The van der Waals surface area contributed by atoms with Gasteiger partial charge in [-0.1, -0.05) is 6.07 Å². The SMILES string of the molecule is CC1=C(C#N)C(c2ccc3[nH]nc(NCc4c[nH]cn4)c3c2)C(C#N)=C(C)N1. The summed E-state index contributed by atoms with van der Waals surface area (Å²) >= 11 is 0. The summed E-state index contributed by atoms with van der Waals surface area (Å²) in [7, 11) is 0. The maximum Gasteiger partial charge on any atom is 0.156 e. The second-order valence-electron chi connectivity index (χ2n) is 6.65. The lowest BCUT2D eigenvalue weighted by Gasteiger charge is -2.26. The Labute approximate surface area is 161 Å². The number of nitrogens with one attached hydrogen (secondary N) is 4. The van der Waals surface area contributed by atoms with Crippen molar-refractivity contribution in [3.05, 3.63) is 64.5 Å². The molecular formula is C20H18N8. The van der Waals surface area contributed by atoms with E-state index in [9.17, 15) is 10.5 Å². The molecule has 0 radical (unpaired) electrons. The van der Waals surface area contributed by atoms with E-state index >= 15 is 0 Å². The van der Waals surface area contributed by atoms with E-state index in [1.54, 1.807) is 6.33 Å². The first kappa shape index (κ1) is 17.4. The van der Waals surface area contributed by atoms with Crippen LogP contribution in [0.1, 0.15) is 31.0 Å². The Hall–Kier alpha value is -4.04. The molecule has 0 amide bonds. The fraction of sp³-hybridized carbons (Fsp3) is 0.200. The Bertz CT molecular complexity index is 1150. The quantitative estimate of drug-likeness (QED) is 0.558. The summed E-state index contributed by atoms with van der Waals surface area (Å²) in [4.78, 5) is 7.12. The highest BCUT2D eigenvalue weighted by molar-refractivity contribution is 5.90. The van der Waals surface area contributed by atoms with Crippen LogP contribution in [0.15, 0.2) is 53.3 Å². The van der Waals surface area contributed by atoms with Gasteiger partial charge in [0.1, 0.15) is 0 Å². The van der Waals surface area contributed by atoms with Crippen LogP contribution in [0.25, 0.3) is 10.9 Å². The largest absolute Gasteiger partial charge is 0.362 e. The van der Waals surface area contributed by atoms with E-state index in [1.165, 1.54) is 0 Å². The van der Waals surface area contributed by atoms with E-state index in [0.29, 0.717) is 23.5 Å². The number of hydrogen-bond donors (Lipinski definition) is 4. The van der Waals surface area contributed by atoms with Crippen molar-refractivity contribution >= 4 is 16.7 Å². The van der Waals surface area contributed by atoms with Gasteiger partial charge >= 0.3 is 0 Å². The lowest BCUT2D eigenvalue weighted by molar-refractivity contribution is 0.815. The van der Waals surface area contributed by atoms with Crippen molar-refractivity contribution in [2.24, 2.45) is 0 Å². The number of allylic oxidation sites excluding steroid dienone is 4. The molecule has 8 nitrogen and oxygen atoms in total. The summed E-state index contributed by atoms with van der Waals surface area (Å²) in [5.74, 6) is 0.307. The standard InChI is InChI=1S/C20H18N8/c1-11-16(6-21)19(17(7-22)12(2)26-11)13-3-4-18-15(5-13)20(28-27-18)24-9-14-8-23-10-25-14/h3-5,8,10,19,26H,9H2,1-2H3,(H,23,25)(H2,24,27,28). The normalized spacial score (nSPS) is 14.7. The average Bonchev–Trinajstić information content (AvgIpc) is 3.35. The van der Waals surface area contributed by atoms with Gasteiger partial charge in [-0.05, 0) is 31.5 Å². The number of aromatic amines is 2. The van der Waals surface area contributed by atoms with Crippen molar-refractivity contribution in [1.29, 1.82) is 10.5 Å². The van der Waals surface area contributed by atoms with Crippen LogP contribution in [0.5, 0.6) is 0 Å². The third-order valence-electron chi connectivity index (χ3n) is 4.91. The summed E-state index contributed by atoms with van der Waals surface area (Å²) in [5, 5.41) is 34.0. The molecule has 0 atom stereocenters. The van der Waals surface area contributed by atoms with E-state index < -0.39 is 5.92 Å². The van der Waals surface area contributed by atoms with Gasteiger partial charge in [0.25, 0.3) is 0 Å². The molecule has 3 heterocycles. The third kappa shape index (κ3) is 2.87. The van der Waals surface area contributed by atoms with Gasteiger partial charge in [0, 0.05) is 23.0 Å². The highest BCUT2D eigenvalue weighted by atomic mass is 15.2. The van der Waals surface area contributed by atoms with Gasteiger partial charge in [-0.25, -0.2) is 4.98 Å². The molecule has 0 saturated carbocycles. The molecule has 0 fully saturated rings. The number of nitriles is 2. The van der Waals surface area contributed by atoms with E-state index in [0.717, 1.165) is 33.6 Å². The fourth-order valence-corrected chi connectivity index (χ4v) is 3.53. The third-order valence-corrected chi connectivity index (χ3v) is 4.91. The van der Waals surface area contributed by atoms with Crippen molar-refractivity contribution in [1.82, 2.24) is 25.5 Å². The van der Waals surface area contributed by atoms with Gasteiger partial charge in [0.15, 0.2) is 5.82 Å². The molecule has 138 valence electrons. The molecule has 1 aliphatic heterocycles. The Balaban J connectivity index is 1.76. The highest BCUT2D eigenvalue weighted by Gasteiger charge is 2.29. The lowest BCUT2D eigenvalue weighted by atomic mass is 9.81. The number of H-pyrrole nitrogens is 2. The van der Waals surface area contributed by atoms with Crippen LogP contribution >= 0.6 is 0 Å². The van der Waals surface area contributed by atoms with Crippen molar-refractivity contribution in [3.8, 4) is 12.1 Å². The summed E-state index contributed by atoms with van der Waals surface area (Å²) < 4.78 is 0. The molecule has 4 rings (SSSR count). The Kier molecular flexibility index (Phi) is 4.30. The van der Waals surface area contributed by atoms with E-state index in [-0.39, 0.29) is 0 Å². The monoisotopic (exact) mass is 370 g/mol. The maximum atomic E-state index is 9.69. The zero-order valence-corrected chi connectivity index (χ0v) is 15.5. The van der Waals surface area contributed by atoms with Gasteiger partial charge < -0.3 is 15.6 Å². The minimum absolute atomic E-state index is 0.394. The van der Waals surface area contributed by atoms with E-state index in [1.807, 2.05) is 38.2 Å². The molecule has 1 aromatic carbocycles. The Morgan fingerprint density at radius 1 is 1.14 bits per heavy atom. The zero-order valence-electron chi connectivity index (χ0n) is 15.5. The van der Waals surface area contributed by atoms with Crippen LogP contribution in [0.3, 0.4) is 0 Å². The van der Waals surface area contributed by atoms with E-state index in [2.05, 4.69) is 42.9 Å². The molecule has 2 aromatic heterocycles. The van der Waals surface area contributed by atoms with Crippen LogP contribution in [0.4, 0.5) is 5.82 Å². The Morgan fingerprint density at radius 3 is 2.54 bits per heavy atom. The van der Waals surface area contributed by atoms with Crippen LogP contribution in [-0.2, 0) is 6.54 Å². The zero-order chi connectivity index (χ0) is 19.7. The summed E-state index contributed by atoms with van der Waals surface area (Å²) in [6.45, 7) is 4.25. The van der Waals surface area contributed by atoms with Crippen molar-refractivity contribution in [3.63, 3.8) is 0 Å². The van der Waals surface area contributed by atoms with Crippen molar-refractivity contribution < 1.29 is 0 Å². The van der Waals surface area contributed by atoms with Crippen LogP contribution in [0.2, 0.25) is 0 Å². The number of fused-ring (bicyclic) bond motifs is 1. The smallest absolute Gasteiger partial charge is 0.156 e. The van der Waals surface area contributed by atoms with Crippen LogP contribution < -0.4 is 10.6 Å². The van der Waals surface area contributed by atoms with Crippen molar-refractivity contribution in [2.75, 3.05) is 5.32 Å². The number of anilines is 1. The summed E-state index contributed by atoms with van der Waals surface area (Å²) in [6.07, 6.45) is 3.45. The molecule has 8 heteroatoms. The number of benzene rings is 1. The minimum Gasteiger partial charge on any atom is -0.362 e. The van der Waals surface area contributed by atoms with Gasteiger partial charge in [-0.3, -0.25) is 5.10 Å². The number of hydrogen-bond acceptors (Lipinski definition) is 6. The molecule has 0 aliphatic carbocycles. The molecule has 4 N–H and O–H groups in total. The van der Waals surface area contributed by atoms with Crippen molar-refractivity contribution in [2.45, 2.75) is 26.3 Å². The first-order valence-corrected chi connectivity index (χ1v) is 8.80. The molecule has 28 heavy (non-hydrogen) atoms. The van der Waals surface area contributed by atoms with Crippen LogP contribution in [0, 0.1) is 22.7 Å². The predicted octanol–water partition coefficient (Wildman–Crippen LogP) is 3.18. The molecule has 3 aromatic rings. The summed E-state index contributed by atoms with van der Waals surface area (Å²) in [5.41, 5.74) is 5.28. The topological polar surface area (TPSA) is 129 Å². The van der Waals surface area contributed by atoms with Gasteiger partial charge in [-0.2, -0.15) is 15.6 Å². The second-order valence-corrected chi connectivity index (χ2v) is 6.65. The van der Waals surface area contributed by atoms with Gasteiger partial charge in [0.2, 0.25) is 0 Å². The molecule has 0 unspecified atom stereocenters. The first-order chi connectivity index (χ1) is 13.6. The highest BCUT2D eigenvalue weighted by Crippen LogP contribution is 2.38. The molecular weight excluding hydrogens is 352 g/mol. The van der Waals surface area contributed by atoms with E-state index in [4.69, 9.17) is 0 Å². The lowest BCUT2D eigenvalue weighted by Crippen LogP contribution is -2.23. The molecule has 0 bridgehead atoms. The van der Waals surface area contributed by atoms with Gasteiger partial charge in [-0.15, -0.1) is 0 Å². The van der Waals surface area contributed by atoms with Gasteiger partial charge in [0.05, 0.1) is 53.3 Å². The number of imidazole rings is 1. The first-order valence-electron chi connectivity index (χ1n) is 8.80. The molecule has 1 aliphatic rings. The predicted molar refractivity (Wildman–Crippen MR) is 105 cm³/mol. The average molecular weight is 370 g/mol. The number of dihydropyridines is 1. The number of aromatic nitrogens is 4. The molecule has 0 saturated heterocycles. The summed E-state index contributed by atoms with van der Waals surface area (Å²) in [6, 6.07) is 10.4. The van der Waals surface area contributed by atoms with Crippen LogP contribution in [-0.4, -0.2) is 20.2 Å². The Morgan fingerprint density at radius 2 is 1.89 bits per heavy atom.